The maximum absolute atomic E-state index is 12.0. The lowest BCUT2D eigenvalue weighted by Gasteiger charge is -2.25. The van der Waals surface area contributed by atoms with E-state index >= 15 is 0 Å². The van der Waals surface area contributed by atoms with Crippen LogP contribution in [0, 0.1) is 0 Å². The fraction of sp³-hybridized carbons (Fsp3) is 0.818. The summed E-state index contributed by atoms with van der Waals surface area (Å²) < 4.78 is 38.1. The molecule has 1 aliphatic heterocycles. The van der Waals surface area contributed by atoms with Crippen molar-refractivity contribution in [3.05, 3.63) is 11.7 Å². The molecule has 1 aromatic rings. The van der Waals surface area contributed by atoms with E-state index in [-0.39, 0.29) is 12.5 Å². The molecule has 1 fully saturated rings. The van der Waals surface area contributed by atoms with Crippen molar-refractivity contribution in [1.82, 2.24) is 19.2 Å². The molecule has 0 aromatic carbocycles. The van der Waals surface area contributed by atoms with Crippen LogP contribution in [0.1, 0.15) is 31.5 Å². The first-order valence-electron chi connectivity index (χ1n) is 6.64. The minimum absolute atomic E-state index is 0.168. The molecule has 1 N–H and O–H groups in total. The smallest absolute Gasteiger partial charge is 0.279 e. The Labute approximate surface area is 118 Å². The molecule has 114 valence electrons. The van der Waals surface area contributed by atoms with Gasteiger partial charge in [0.1, 0.15) is 0 Å². The lowest BCUT2D eigenvalue weighted by Crippen LogP contribution is -2.47. The van der Waals surface area contributed by atoms with Crippen LogP contribution in [0.15, 0.2) is 4.52 Å². The highest BCUT2D eigenvalue weighted by atomic mass is 32.2. The third-order valence-corrected chi connectivity index (χ3v) is 4.53. The Balaban J connectivity index is 1.82. The normalized spacial score (nSPS) is 17.8. The maximum atomic E-state index is 12.0. The van der Waals surface area contributed by atoms with E-state index in [1.165, 1.54) is 4.31 Å². The zero-order valence-corrected chi connectivity index (χ0v) is 12.5. The second-order valence-electron chi connectivity index (χ2n) is 4.86. The van der Waals surface area contributed by atoms with Gasteiger partial charge in [-0.25, -0.2) is 4.72 Å². The molecule has 8 nitrogen and oxygen atoms in total. The first kappa shape index (κ1) is 15.4. The van der Waals surface area contributed by atoms with E-state index in [1.54, 1.807) is 0 Å². The average Bonchev–Trinajstić information content (AvgIpc) is 2.89. The van der Waals surface area contributed by atoms with Crippen molar-refractivity contribution in [2.24, 2.45) is 0 Å². The van der Waals surface area contributed by atoms with Crippen LogP contribution in [-0.4, -0.2) is 55.7 Å². The summed E-state index contributed by atoms with van der Waals surface area (Å²) >= 11 is 0. The average molecular weight is 304 g/mol. The van der Waals surface area contributed by atoms with Gasteiger partial charge in [0.25, 0.3) is 10.2 Å². The van der Waals surface area contributed by atoms with E-state index in [0.717, 1.165) is 0 Å². The molecule has 0 atom stereocenters. The predicted molar refractivity (Wildman–Crippen MR) is 71.4 cm³/mol. The Kier molecular flexibility index (Phi) is 5.08. The van der Waals surface area contributed by atoms with Gasteiger partial charge in [0, 0.05) is 32.0 Å². The van der Waals surface area contributed by atoms with Crippen LogP contribution in [0.2, 0.25) is 0 Å². The zero-order valence-electron chi connectivity index (χ0n) is 11.7. The molecule has 0 saturated carbocycles. The topological polar surface area (TPSA) is 97.6 Å². The monoisotopic (exact) mass is 304 g/mol. The summed E-state index contributed by atoms with van der Waals surface area (Å²) in [4.78, 5) is 4.20. The van der Waals surface area contributed by atoms with Crippen LogP contribution >= 0.6 is 0 Å². The maximum Gasteiger partial charge on any atom is 0.279 e. The van der Waals surface area contributed by atoms with Gasteiger partial charge in [-0.2, -0.15) is 17.7 Å². The molecule has 20 heavy (non-hydrogen) atoms. The molecule has 1 saturated heterocycles. The number of morpholine rings is 1. The second-order valence-corrected chi connectivity index (χ2v) is 6.62. The van der Waals surface area contributed by atoms with Crippen LogP contribution in [0.4, 0.5) is 0 Å². The summed E-state index contributed by atoms with van der Waals surface area (Å²) in [5, 5.41) is 3.81. The number of nitrogens with zero attached hydrogens (tertiary/aromatic N) is 3. The predicted octanol–water partition coefficient (Wildman–Crippen LogP) is -0.0979. The summed E-state index contributed by atoms with van der Waals surface area (Å²) in [6, 6.07) is 0. The van der Waals surface area contributed by atoms with E-state index in [0.29, 0.717) is 44.4 Å². The number of rotatable bonds is 6. The highest BCUT2D eigenvalue weighted by molar-refractivity contribution is 7.87. The van der Waals surface area contributed by atoms with Crippen molar-refractivity contribution in [2.45, 2.75) is 26.2 Å². The standard InChI is InChI=1S/C11H20N4O4S/c1-9(2)11-13-10(14-19-11)3-4-12-20(16,17)15-5-7-18-8-6-15/h9,12H,3-8H2,1-2H3. The van der Waals surface area contributed by atoms with Gasteiger partial charge in [0.05, 0.1) is 13.2 Å². The van der Waals surface area contributed by atoms with Crippen LogP contribution in [-0.2, 0) is 21.4 Å². The van der Waals surface area contributed by atoms with Crippen molar-refractivity contribution >= 4 is 10.2 Å². The van der Waals surface area contributed by atoms with Crippen LogP contribution in [0.5, 0.6) is 0 Å². The van der Waals surface area contributed by atoms with Gasteiger partial charge in [-0.3, -0.25) is 0 Å². The number of aromatic nitrogens is 2. The molecule has 0 spiro atoms. The SMILES string of the molecule is CC(C)c1nc(CCNS(=O)(=O)N2CCOCC2)no1. The highest BCUT2D eigenvalue weighted by Crippen LogP contribution is 2.11. The van der Waals surface area contributed by atoms with Crippen molar-refractivity contribution in [2.75, 3.05) is 32.8 Å². The van der Waals surface area contributed by atoms with Gasteiger partial charge in [0.15, 0.2) is 5.82 Å². The summed E-state index contributed by atoms with van der Waals surface area (Å²) in [5.41, 5.74) is 0. The van der Waals surface area contributed by atoms with Crippen LogP contribution in [0.25, 0.3) is 0 Å². The number of hydrogen-bond acceptors (Lipinski definition) is 6. The number of hydrogen-bond donors (Lipinski definition) is 1. The summed E-state index contributed by atoms with van der Waals surface area (Å²) in [7, 11) is -3.45. The third-order valence-electron chi connectivity index (χ3n) is 2.92. The lowest BCUT2D eigenvalue weighted by atomic mass is 10.2. The Morgan fingerprint density at radius 2 is 2.05 bits per heavy atom. The first-order chi connectivity index (χ1) is 9.49. The van der Waals surface area contributed by atoms with Crippen LogP contribution in [0.3, 0.4) is 0 Å². The van der Waals surface area contributed by atoms with E-state index in [4.69, 9.17) is 9.26 Å². The van der Waals surface area contributed by atoms with Gasteiger partial charge < -0.3 is 9.26 Å². The summed E-state index contributed by atoms with van der Waals surface area (Å²) in [6.07, 6.45) is 0.403. The van der Waals surface area contributed by atoms with Gasteiger partial charge >= 0.3 is 0 Å². The molecular formula is C11H20N4O4S. The Morgan fingerprint density at radius 3 is 2.65 bits per heavy atom. The van der Waals surface area contributed by atoms with E-state index in [1.807, 2.05) is 13.8 Å². The zero-order chi connectivity index (χ0) is 14.6. The van der Waals surface area contributed by atoms with Gasteiger partial charge in [-0.1, -0.05) is 19.0 Å². The minimum atomic E-state index is -3.45. The van der Waals surface area contributed by atoms with E-state index in [2.05, 4.69) is 14.9 Å². The molecule has 1 aromatic heterocycles. The van der Waals surface area contributed by atoms with E-state index in [9.17, 15) is 8.42 Å². The van der Waals surface area contributed by atoms with E-state index < -0.39 is 10.2 Å². The van der Waals surface area contributed by atoms with Gasteiger partial charge in [0.2, 0.25) is 5.89 Å². The van der Waals surface area contributed by atoms with Crippen molar-refractivity contribution in [1.29, 1.82) is 0 Å². The fourth-order valence-electron chi connectivity index (χ4n) is 1.77. The molecule has 2 rings (SSSR count). The Bertz CT molecular complexity index is 522. The molecule has 1 aliphatic rings. The molecule has 0 unspecified atom stereocenters. The number of ether oxygens (including phenoxy) is 1. The van der Waals surface area contributed by atoms with Crippen molar-refractivity contribution in [3.8, 4) is 0 Å². The molecule has 0 amide bonds. The third kappa shape index (κ3) is 3.98. The van der Waals surface area contributed by atoms with Crippen molar-refractivity contribution < 1.29 is 17.7 Å². The molecular weight excluding hydrogens is 284 g/mol. The molecule has 0 aliphatic carbocycles. The molecule has 0 bridgehead atoms. The first-order valence-corrected chi connectivity index (χ1v) is 8.08. The largest absolute Gasteiger partial charge is 0.379 e. The van der Waals surface area contributed by atoms with Crippen molar-refractivity contribution in [3.63, 3.8) is 0 Å². The molecule has 2 heterocycles. The molecule has 9 heteroatoms. The fourth-order valence-corrected chi connectivity index (χ4v) is 2.95. The van der Waals surface area contributed by atoms with Gasteiger partial charge in [-0.05, 0) is 0 Å². The minimum Gasteiger partial charge on any atom is -0.379 e. The Hall–Kier alpha value is -1.03. The molecule has 0 radical (unpaired) electrons. The second kappa shape index (κ2) is 6.61. The van der Waals surface area contributed by atoms with Gasteiger partial charge in [-0.15, -0.1) is 0 Å². The quantitative estimate of drug-likeness (QED) is 0.788. The highest BCUT2D eigenvalue weighted by Gasteiger charge is 2.23. The summed E-state index contributed by atoms with van der Waals surface area (Å²) in [6.45, 7) is 5.80. The van der Waals surface area contributed by atoms with Crippen LogP contribution < -0.4 is 4.72 Å². The lowest BCUT2D eigenvalue weighted by molar-refractivity contribution is 0.0725. The summed E-state index contributed by atoms with van der Waals surface area (Å²) in [5.74, 6) is 1.25. The number of nitrogens with one attached hydrogen (secondary N) is 1. The Morgan fingerprint density at radius 1 is 1.35 bits per heavy atom.